The number of carboxylic acids is 2. The zero-order chi connectivity index (χ0) is 22.3. The molecular formula is C22H26O8. The average molecular weight is 418 g/mol. The van der Waals surface area contributed by atoms with Gasteiger partial charge in [-0.25, -0.2) is 0 Å². The molecule has 0 heterocycles. The summed E-state index contributed by atoms with van der Waals surface area (Å²) in [6.07, 6.45) is -0.485. The predicted octanol–water partition coefficient (Wildman–Crippen LogP) is 3.79. The zero-order valence-electron chi connectivity index (χ0n) is 17.4. The number of rotatable bonds is 11. The van der Waals surface area contributed by atoms with Gasteiger partial charge >= 0.3 is 11.9 Å². The van der Waals surface area contributed by atoms with Gasteiger partial charge in [-0.05, 0) is 29.7 Å². The molecule has 0 aliphatic heterocycles. The van der Waals surface area contributed by atoms with Crippen molar-refractivity contribution in [2.75, 3.05) is 20.8 Å². The molecule has 0 unspecified atom stereocenters. The van der Waals surface area contributed by atoms with E-state index in [9.17, 15) is 14.7 Å². The van der Waals surface area contributed by atoms with E-state index < -0.39 is 11.9 Å². The van der Waals surface area contributed by atoms with Gasteiger partial charge in [0.15, 0.2) is 23.0 Å². The molecule has 2 N–H and O–H groups in total. The van der Waals surface area contributed by atoms with Crippen LogP contribution in [0, 0.1) is 5.92 Å². The first-order valence-corrected chi connectivity index (χ1v) is 9.35. The third-order valence-electron chi connectivity index (χ3n) is 4.06. The van der Waals surface area contributed by atoms with Crippen LogP contribution in [-0.2, 0) is 22.4 Å². The van der Waals surface area contributed by atoms with Crippen LogP contribution in [0.15, 0.2) is 30.3 Å². The van der Waals surface area contributed by atoms with E-state index in [0.29, 0.717) is 35.0 Å². The number of methoxy groups -OCH3 is 2. The highest BCUT2D eigenvalue weighted by Crippen LogP contribution is 2.40. The Hall–Kier alpha value is -3.42. The molecule has 0 bridgehead atoms. The van der Waals surface area contributed by atoms with E-state index in [-0.39, 0.29) is 30.3 Å². The van der Waals surface area contributed by atoms with Crippen LogP contribution in [0.2, 0.25) is 0 Å². The fourth-order valence-corrected chi connectivity index (χ4v) is 2.71. The van der Waals surface area contributed by atoms with Crippen LogP contribution in [0.5, 0.6) is 28.7 Å². The Balaban J connectivity index is 2.51. The normalized spacial score (nSPS) is 10.6. The molecule has 2 aromatic rings. The van der Waals surface area contributed by atoms with E-state index in [1.165, 1.54) is 26.4 Å². The topological polar surface area (TPSA) is 112 Å². The third kappa shape index (κ3) is 6.30. The maximum atomic E-state index is 11.3. The van der Waals surface area contributed by atoms with Crippen molar-refractivity contribution in [3.05, 3.63) is 41.5 Å². The lowest BCUT2D eigenvalue weighted by Gasteiger charge is -2.18. The van der Waals surface area contributed by atoms with E-state index in [1.807, 2.05) is 13.8 Å². The lowest BCUT2D eigenvalue weighted by Crippen LogP contribution is -2.07. The summed E-state index contributed by atoms with van der Waals surface area (Å²) in [4.78, 5) is 22.4. The summed E-state index contributed by atoms with van der Waals surface area (Å²) in [6.45, 7) is 4.43. The SMILES string of the molecule is COc1cc(CC(=O)O)c(Oc2cc(CC(=O)O)ccc2OCC(C)C)cc1OC. The number of carboxylic acid groups (broad SMARTS) is 2. The minimum atomic E-state index is -1.04. The Morgan fingerprint density at radius 2 is 1.47 bits per heavy atom. The predicted molar refractivity (Wildman–Crippen MR) is 109 cm³/mol. The number of hydrogen-bond acceptors (Lipinski definition) is 6. The lowest BCUT2D eigenvalue weighted by molar-refractivity contribution is -0.137. The second-order valence-corrected chi connectivity index (χ2v) is 7.04. The highest BCUT2D eigenvalue weighted by Gasteiger charge is 2.18. The number of hydrogen-bond donors (Lipinski definition) is 2. The molecule has 0 fully saturated rings. The molecular weight excluding hydrogens is 392 g/mol. The van der Waals surface area contributed by atoms with Gasteiger partial charge in [0, 0.05) is 11.6 Å². The molecule has 0 saturated carbocycles. The third-order valence-corrected chi connectivity index (χ3v) is 4.06. The lowest BCUT2D eigenvalue weighted by atomic mass is 10.1. The van der Waals surface area contributed by atoms with Crippen LogP contribution in [-0.4, -0.2) is 43.0 Å². The number of carbonyl (C=O) groups is 2. The van der Waals surface area contributed by atoms with Gasteiger partial charge in [-0.1, -0.05) is 19.9 Å². The molecule has 0 spiro atoms. The van der Waals surface area contributed by atoms with E-state index >= 15 is 0 Å². The summed E-state index contributed by atoms with van der Waals surface area (Å²) in [5, 5.41) is 18.4. The van der Waals surface area contributed by atoms with Crippen molar-refractivity contribution in [2.45, 2.75) is 26.7 Å². The van der Waals surface area contributed by atoms with Crippen molar-refractivity contribution >= 4 is 11.9 Å². The Bertz CT molecular complexity index is 904. The molecule has 0 radical (unpaired) electrons. The van der Waals surface area contributed by atoms with Crippen molar-refractivity contribution < 1.29 is 38.7 Å². The summed E-state index contributed by atoms with van der Waals surface area (Å²) in [7, 11) is 2.92. The second-order valence-electron chi connectivity index (χ2n) is 7.04. The fraction of sp³-hybridized carbons (Fsp3) is 0.364. The standard InChI is InChI=1S/C22H26O8/c1-13(2)12-29-16-6-5-14(8-21(23)24)7-20(16)30-17-11-19(28-4)18(27-3)9-15(17)10-22(25)26/h5-7,9,11,13H,8,10,12H2,1-4H3,(H,23,24)(H,25,26). The molecule has 0 atom stereocenters. The van der Waals surface area contributed by atoms with Crippen molar-refractivity contribution in [1.29, 1.82) is 0 Å². The summed E-state index contributed by atoms with van der Waals surface area (Å²) < 4.78 is 22.4. The van der Waals surface area contributed by atoms with Crippen LogP contribution in [0.4, 0.5) is 0 Å². The van der Waals surface area contributed by atoms with Crippen molar-refractivity contribution in [3.63, 3.8) is 0 Å². The van der Waals surface area contributed by atoms with Gasteiger partial charge in [-0.2, -0.15) is 0 Å². The largest absolute Gasteiger partial charge is 0.493 e. The first-order valence-electron chi connectivity index (χ1n) is 9.35. The molecule has 0 aliphatic carbocycles. The maximum absolute atomic E-state index is 11.3. The van der Waals surface area contributed by atoms with E-state index in [1.54, 1.807) is 18.2 Å². The van der Waals surface area contributed by atoms with Crippen molar-refractivity contribution in [3.8, 4) is 28.7 Å². The Kier molecular flexibility index (Phi) is 7.91. The molecule has 162 valence electrons. The number of aliphatic carboxylic acids is 2. The Morgan fingerprint density at radius 1 is 0.833 bits per heavy atom. The summed E-state index contributed by atoms with van der Waals surface area (Å²) >= 11 is 0. The molecule has 2 aromatic carbocycles. The van der Waals surface area contributed by atoms with Crippen LogP contribution in [0.25, 0.3) is 0 Å². The zero-order valence-corrected chi connectivity index (χ0v) is 17.4. The van der Waals surface area contributed by atoms with Crippen LogP contribution in [0.1, 0.15) is 25.0 Å². The maximum Gasteiger partial charge on any atom is 0.307 e. The van der Waals surface area contributed by atoms with E-state index in [0.717, 1.165) is 0 Å². The number of benzene rings is 2. The van der Waals surface area contributed by atoms with Gasteiger partial charge in [-0.15, -0.1) is 0 Å². The first kappa shape index (κ1) is 22.9. The fourth-order valence-electron chi connectivity index (χ4n) is 2.71. The Morgan fingerprint density at radius 3 is 2.03 bits per heavy atom. The monoisotopic (exact) mass is 418 g/mol. The molecule has 0 aliphatic rings. The van der Waals surface area contributed by atoms with Gasteiger partial charge in [0.25, 0.3) is 0 Å². The minimum Gasteiger partial charge on any atom is -0.493 e. The minimum absolute atomic E-state index is 0.186. The highest BCUT2D eigenvalue weighted by molar-refractivity contribution is 5.73. The quantitative estimate of drug-likeness (QED) is 0.567. The molecule has 2 rings (SSSR count). The molecule has 0 saturated heterocycles. The van der Waals surface area contributed by atoms with Gasteiger partial charge < -0.3 is 29.2 Å². The summed E-state index contributed by atoms with van der Waals surface area (Å²) in [6, 6.07) is 7.95. The first-order chi connectivity index (χ1) is 14.2. The molecule has 30 heavy (non-hydrogen) atoms. The summed E-state index contributed by atoms with van der Waals surface area (Å²) in [5.41, 5.74) is 0.897. The van der Waals surface area contributed by atoms with Crippen LogP contribution >= 0.6 is 0 Å². The highest BCUT2D eigenvalue weighted by atomic mass is 16.5. The molecule has 8 heteroatoms. The van der Waals surface area contributed by atoms with Crippen LogP contribution < -0.4 is 18.9 Å². The summed E-state index contributed by atoms with van der Waals surface area (Å²) in [5.74, 6) is -0.0540. The van der Waals surface area contributed by atoms with E-state index in [2.05, 4.69) is 0 Å². The van der Waals surface area contributed by atoms with Crippen LogP contribution in [0.3, 0.4) is 0 Å². The van der Waals surface area contributed by atoms with Gasteiger partial charge in [0.1, 0.15) is 5.75 Å². The van der Waals surface area contributed by atoms with Crippen molar-refractivity contribution in [2.24, 2.45) is 5.92 Å². The van der Waals surface area contributed by atoms with Gasteiger partial charge in [0.05, 0.1) is 33.7 Å². The van der Waals surface area contributed by atoms with E-state index in [4.69, 9.17) is 24.1 Å². The van der Waals surface area contributed by atoms with Gasteiger partial charge in [0.2, 0.25) is 0 Å². The molecule has 8 nitrogen and oxygen atoms in total. The second kappa shape index (κ2) is 10.4. The molecule has 0 amide bonds. The van der Waals surface area contributed by atoms with Crippen molar-refractivity contribution in [1.82, 2.24) is 0 Å². The Labute approximate surface area is 175 Å². The van der Waals surface area contributed by atoms with Gasteiger partial charge in [-0.3, -0.25) is 9.59 Å². The average Bonchev–Trinajstić information content (AvgIpc) is 2.67. The smallest absolute Gasteiger partial charge is 0.307 e. The number of ether oxygens (including phenoxy) is 4. The molecule has 0 aromatic heterocycles.